The Morgan fingerprint density at radius 3 is 2.71 bits per heavy atom. The van der Waals surface area contributed by atoms with E-state index >= 15 is 0 Å². The minimum absolute atomic E-state index is 0.240. The zero-order valence-electron chi connectivity index (χ0n) is 11.4. The van der Waals surface area contributed by atoms with Crippen molar-refractivity contribution in [2.75, 3.05) is 13.7 Å². The van der Waals surface area contributed by atoms with Gasteiger partial charge in [-0.2, -0.15) is 0 Å². The molecule has 0 amide bonds. The first kappa shape index (κ1) is 12.4. The van der Waals surface area contributed by atoms with Gasteiger partial charge in [-0.3, -0.25) is 4.90 Å². The van der Waals surface area contributed by atoms with Crippen molar-refractivity contribution in [3.8, 4) is 5.75 Å². The van der Waals surface area contributed by atoms with Gasteiger partial charge in [-0.1, -0.05) is 12.1 Å². The van der Waals surface area contributed by atoms with Crippen LogP contribution in [0.1, 0.15) is 45.2 Å². The average Bonchev–Trinajstić information content (AvgIpc) is 2.77. The largest absolute Gasteiger partial charge is 0.497 e. The molecule has 2 rings (SSSR count). The van der Waals surface area contributed by atoms with Gasteiger partial charge in [0.2, 0.25) is 0 Å². The maximum absolute atomic E-state index is 5.32. The Morgan fingerprint density at radius 1 is 1.29 bits per heavy atom. The maximum Gasteiger partial charge on any atom is 0.119 e. The normalized spacial score (nSPS) is 21.8. The number of hydrogen-bond acceptors (Lipinski definition) is 2. The molecule has 2 heteroatoms. The van der Waals surface area contributed by atoms with Crippen LogP contribution in [0.2, 0.25) is 0 Å². The highest BCUT2D eigenvalue weighted by Crippen LogP contribution is 2.37. The third kappa shape index (κ3) is 2.63. The minimum Gasteiger partial charge on any atom is -0.497 e. The Balaban J connectivity index is 2.26. The predicted molar refractivity (Wildman–Crippen MR) is 71.4 cm³/mol. The molecule has 0 radical (unpaired) electrons. The van der Waals surface area contributed by atoms with Crippen molar-refractivity contribution in [1.29, 1.82) is 0 Å². The summed E-state index contributed by atoms with van der Waals surface area (Å²) in [6.07, 6.45) is 2.55. The van der Waals surface area contributed by atoms with Crippen LogP contribution in [-0.4, -0.2) is 24.1 Å². The van der Waals surface area contributed by atoms with Gasteiger partial charge in [-0.05, 0) is 57.9 Å². The molecule has 0 aromatic heterocycles. The second kappa shape index (κ2) is 4.69. The Bertz CT molecular complexity index is 381. The van der Waals surface area contributed by atoms with Gasteiger partial charge in [0.15, 0.2) is 0 Å². The maximum atomic E-state index is 5.32. The lowest BCUT2D eigenvalue weighted by Crippen LogP contribution is -2.40. The standard InChI is InChI=1S/C15H23NO/c1-15(2,3)16-10-6-9-14(16)12-7-5-8-13(11-12)17-4/h5,7-8,11,14H,6,9-10H2,1-4H3. The molecule has 17 heavy (non-hydrogen) atoms. The van der Waals surface area contributed by atoms with Crippen LogP contribution in [0.3, 0.4) is 0 Å². The van der Waals surface area contributed by atoms with Crippen LogP contribution < -0.4 is 4.74 Å². The van der Waals surface area contributed by atoms with Gasteiger partial charge in [0.1, 0.15) is 5.75 Å². The third-order valence-corrected chi connectivity index (χ3v) is 3.59. The van der Waals surface area contributed by atoms with E-state index in [0.717, 1.165) is 5.75 Å². The van der Waals surface area contributed by atoms with E-state index in [1.54, 1.807) is 7.11 Å². The number of hydrogen-bond donors (Lipinski definition) is 0. The molecule has 1 atom stereocenters. The molecular formula is C15H23NO. The lowest BCUT2D eigenvalue weighted by molar-refractivity contribution is 0.121. The minimum atomic E-state index is 0.240. The molecule has 0 saturated carbocycles. The van der Waals surface area contributed by atoms with Crippen LogP contribution in [0.25, 0.3) is 0 Å². The Morgan fingerprint density at radius 2 is 2.06 bits per heavy atom. The van der Waals surface area contributed by atoms with Crippen LogP contribution in [0.5, 0.6) is 5.75 Å². The molecule has 1 fully saturated rings. The molecule has 1 aromatic carbocycles. The first-order valence-electron chi connectivity index (χ1n) is 6.43. The fourth-order valence-corrected chi connectivity index (χ4v) is 2.76. The monoisotopic (exact) mass is 233 g/mol. The second-order valence-electron chi connectivity index (χ2n) is 5.80. The van der Waals surface area contributed by atoms with Gasteiger partial charge in [0.05, 0.1) is 7.11 Å². The highest BCUT2D eigenvalue weighted by atomic mass is 16.5. The van der Waals surface area contributed by atoms with Gasteiger partial charge in [0, 0.05) is 11.6 Å². The highest BCUT2D eigenvalue weighted by molar-refractivity contribution is 5.31. The molecule has 0 N–H and O–H groups in total. The number of benzene rings is 1. The SMILES string of the molecule is COc1cccc(C2CCCN2C(C)(C)C)c1. The van der Waals surface area contributed by atoms with Crippen LogP contribution in [0.15, 0.2) is 24.3 Å². The Kier molecular flexibility index (Phi) is 3.43. The summed E-state index contributed by atoms with van der Waals surface area (Å²) >= 11 is 0. The Hall–Kier alpha value is -1.02. The molecule has 1 saturated heterocycles. The van der Waals surface area contributed by atoms with Gasteiger partial charge in [0.25, 0.3) is 0 Å². The fourth-order valence-electron chi connectivity index (χ4n) is 2.76. The van der Waals surface area contributed by atoms with Crippen molar-refractivity contribution in [3.63, 3.8) is 0 Å². The molecule has 0 spiro atoms. The van der Waals surface area contributed by atoms with Crippen LogP contribution in [0.4, 0.5) is 0 Å². The quantitative estimate of drug-likeness (QED) is 0.773. The van der Waals surface area contributed by atoms with Crippen molar-refractivity contribution in [2.24, 2.45) is 0 Å². The van der Waals surface area contributed by atoms with Crippen LogP contribution in [-0.2, 0) is 0 Å². The topological polar surface area (TPSA) is 12.5 Å². The molecule has 2 nitrogen and oxygen atoms in total. The van der Waals surface area contributed by atoms with Crippen molar-refractivity contribution >= 4 is 0 Å². The van der Waals surface area contributed by atoms with E-state index in [9.17, 15) is 0 Å². The molecule has 94 valence electrons. The Labute approximate surface area is 105 Å². The van der Waals surface area contributed by atoms with Gasteiger partial charge in [-0.25, -0.2) is 0 Å². The summed E-state index contributed by atoms with van der Waals surface area (Å²) in [6, 6.07) is 9.05. The van der Waals surface area contributed by atoms with E-state index in [4.69, 9.17) is 4.74 Å². The van der Waals surface area contributed by atoms with Gasteiger partial charge >= 0.3 is 0 Å². The molecule has 0 bridgehead atoms. The van der Waals surface area contributed by atoms with E-state index in [-0.39, 0.29) is 5.54 Å². The molecule has 1 aromatic rings. The van der Waals surface area contributed by atoms with Crippen molar-refractivity contribution in [1.82, 2.24) is 4.90 Å². The van der Waals surface area contributed by atoms with E-state index in [0.29, 0.717) is 6.04 Å². The van der Waals surface area contributed by atoms with Gasteiger partial charge in [-0.15, -0.1) is 0 Å². The van der Waals surface area contributed by atoms with E-state index < -0.39 is 0 Å². The number of ether oxygens (including phenoxy) is 1. The summed E-state index contributed by atoms with van der Waals surface area (Å²) in [5.74, 6) is 0.961. The third-order valence-electron chi connectivity index (χ3n) is 3.59. The molecule has 1 unspecified atom stereocenters. The summed E-state index contributed by atoms with van der Waals surface area (Å²) in [7, 11) is 1.73. The zero-order valence-corrected chi connectivity index (χ0v) is 11.4. The predicted octanol–water partition coefficient (Wildman–Crippen LogP) is 3.63. The number of methoxy groups -OCH3 is 1. The molecular weight excluding hydrogens is 210 g/mol. The molecule has 1 heterocycles. The van der Waals surface area contributed by atoms with E-state index in [2.05, 4.69) is 43.9 Å². The zero-order chi connectivity index (χ0) is 12.5. The first-order valence-corrected chi connectivity index (χ1v) is 6.43. The summed E-state index contributed by atoms with van der Waals surface area (Å²) in [4.78, 5) is 2.60. The summed E-state index contributed by atoms with van der Waals surface area (Å²) in [5, 5.41) is 0. The molecule has 1 aliphatic heterocycles. The van der Waals surface area contributed by atoms with Crippen molar-refractivity contribution < 1.29 is 4.74 Å². The molecule has 0 aliphatic carbocycles. The smallest absolute Gasteiger partial charge is 0.119 e. The molecule has 1 aliphatic rings. The average molecular weight is 233 g/mol. The van der Waals surface area contributed by atoms with Gasteiger partial charge < -0.3 is 4.74 Å². The summed E-state index contributed by atoms with van der Waals surface area (Å²) in [6.45, 7) is 8.09. The number of nitrogens with zero attached hydrogens (tertiary/aromatic N) is 1. The first-order chi connectivity index (χ1) is 8.02. The summed E-state index contributed by atoms with van der Waals surface area (Å²) in [5.41, 5.74) is 1.63. The van der Waals surface area contributed by atoms with Crippen LogP contribution in [0, 0.1) is 0 Å². The van der Waals surface area contributed by atoms with Crippen molar-refractivity contribution in [2.45, 2.75) is 45.2 Å². The van der Waals surface area contributed by atoms with Crippen molar-refractivity contribution in [3.05, 3.63) is 29.8 Å². The lowest BCUT2D eigenvalue weighted by atomic mass is 9.99. The van der Waals surface area contributed by atoms with E-state index in [1.165, 1.54) is 24.9 Å². The number of likely N-dealkylation sites (tertiary alicyclic amines) is 1. The van der Waals surface area contributed by atoms with Crippen LogP contribution >= 0.6 is 0 Å². The van der Waals surface area contributed by atoms with E-state index in [1.807, 2.05) is 6.07 Å². The second-order valence-corrected chi connectivity index (χ2v) is 5.80. The highest BCUT2D eigenvalue weighted by Gasteiger charge is 2.33. The number of rotatable bonds is 2. The fraction of sp³-hybridized carbons (Fsp3) is 0.600. The summed E-state index contributed by atoms with van der Waals surface area (Å²) < 4.78 is 5.32. The lowest BCUT2D eigenvalue weighted by Gasteiger charge is -2.37.